The van der Waals surface area contributed by atoms with Crippen LogP contribution in [-0.4, -0.2) is 68.1 Å². The predicted octanol–water partition coefficient (Wildman–Crippen LogP) is -0.0988. The number of nitrogens with zero attached hydrogens (tertiary/aromatic N) is 3. The number of piperidine rings is 1. The van der Waals surface area contributed by atoms with E-state index in [2.05, 4.69) is 20.4 Å². The molecule has 2 aliphatic heterocycles. The van der Waals surface area contributed by atoms with Gasteiger partial charge in [-0.2, -0.15) is 5.26 Å². The van der Waals surface area contributed by atoms with Crippen LogP contribution in [0.1, 0.15) is 19.3 Å². The molecule has 2 aliphatic rings. The molecule has 2 N–H and O–H groups in total. The van der Waals surface area contributed by atoms with Crippen molar-refractivity contribution >= 4 is 5.91 Å². The highest BCUT2D eigenvalue weighted by Crippen LogP contribution is 2.10. The maximum Gasteiger partial charge on any atom is 0.263 e. The standard InChI is InChI=1S/C15H25N5O/c16-12-14(13-20-7-2-1-3-8-20)15(21)18-6-11-19-9-4-17-5-10-19/h13,17H,1-11H2,(H,18,21)/b14-13-. The number of piperazine rings is 1. The summed E-state index contributed by atoms with van der Waals surface area (Å²) in [6, 6.07) is 2.02. The SMILES string of the molecule is N#C/C(=C/N1CCCCC1)C(=O)NCCN1CCNCC1. The summed E-state index contributed by atoms with van der Waals surface area (Å²) < 4.78 is 0. The zero-order valence-corrected chi connectivity index (χ0v) is 12.6. The highest BCUT2D eigenvalue weighted by molar-refractivity contribution is 5.97. The summed E-state index contributed by atoms with van der Waals surface area (Å²) in [4.78, 5) is 16.4. The molecule has 0 saturated carbocycles. The molecule has 6 nitrogen and oxygen atoms in total. The van der Waals surface area contributed by atoms with Crippen LogP contribution < -0.4 is 10.6 Å². The molecular formula is C15H25N5O. The van der Waals surface area contributed by atoms with E-state index < -0.39 is 0 Å². The van der Waals surface area contributed by atoms with Crippen molar-refractivity contribution in [3.8, 4) is 6.07 Å². The quantitative estimate of drug-likeness (QED) is 0.547. The fourth-order valence-electron chi connectivity index (χ4n) is 2.73. The normalized spacial score (nSPS) is 20.9. The van der Waals surface area contributed by atoms with Gasteiger partial charge in [0.2, 0.25) is 0 Å². The lowest BCUT2D eigenvalue weighted by Crippen LogP contribution is -2.46. The van der Waals surface area contributed by atoms with Gasteiger partial charge in [0.1, 0.15) is 11.6 Å². The first-order valence-electron chi connectivity index (χ1n) is 7.87. The minimum absolute atomic E-state index is 0.220. The van der Waals surface area contributed by atoms with Gasteiger partial charge in [0.25, 0.3) is 5.91 Å². The summed E-state index contributed by atoms with van der Waals surface area (Å²) in [5, 5.41) is 15.3. The fourth-order valence-corrected chi connectivity index (χ4v) is 2.73. The molecule has 0 aromatic rings. The lowest BCUT2D eigenvalue weighted by atomic mass is 10.1. The molecule has 0 unspecified atom stereocenters. The van der Waals surface area contributed by atoms with Crippen molar-refractivity contribution in [1.82, 2.24) is 20.4 Å². The Bertz CT molecular complexity index is 403. The summed E-state index contributed by atoms with van der Waals surface area (Å²) in [6.07, 6.45) is 5.24. The topological polar surface area (TPSA) is 71.4 Å². The van der Waals surface area contributed by atoms with Gasteiger partial charge in [0, 0.05) is 58.6 Å². The molecule has 2 saturated heterocycles. The second-order valence-corrected chi connectivity index (χ2v) is 5.60. The Labute approximate surface area is 126 Å². The van der Waals surface area contributed by atoms with E-state index in [0.29, 0.717) is 6.54 Å². The molecule has 0 bridgehead atoms. The van der Waals surface area contributed by atoms with Crippen molar-refractivity contribution in [2.45, 2.75) is 19.3 Å². The van der Waals surface area contributed by atoms with Gasteiger partial charge < -0.3 is 15.5 Å². The van der Waals surface area contributed by atoms with Crippen LogP contribution in [0.4, 0.5) is 0 Å². The van der Waals surface area contributed by atoms with Crippen molar-refractivity contribution in [3.05, 3.63) is 11.8 Å². The van der Waals surface area contributed by atoms with Gasteiger partial charge >= 0.3 is 0 Å². The molecule has 2 fully saturated rings. The molecule has 0 aromatic carbocycles. The van der Waals surface area contributed by atoms with Crippen LogP contribution in [0.25, 0.3) is 0 Å². The van der Waals surface area contributed by atoms with E-state index in [1.807, 2.05) is 6.07 Å². The lowest BCUT2D eigenvalue weighted by Gasteiger charge is -2.27. The Morgan fingerprint density at radius 3 is 2.57 bits per heavy atom. The summed E-state index contributed by atoms with van der Waals surface area (Å²) in [5.74, 6) is -0.252. The van der Waals surface area contributed by atoms with Gasteiger partial charge in [-0.15, -0.1) is 0 Å². The Morgan fingerprint density at radius 2 is 1.90 bits per heavy atom. The van der Waals surface area contributed by atoms with Crippen LogP contribution >= 0.6 is 0 Å². The van der Waals surface area contributed by atoms with Crippen LogP contribution in [0.5, 0.6) is 0 Å². The van der Waals surface area contributed by atoms with Crippen LogP contribution in [0.15, 0.2) is 11.8 Å². The second-order valence-electron chi connectivity index (χ2n) is 5.60. The van der Waals surface area contributed by atoms with E-state index in [9.17, 15) is 4.79 Å². The van der Waals surface area contributed by atoms with Crippen LogP contribution in [0.2, 0.25) is 0 Å². The van der Waals surface area contributed by atoms with E-state index in [1.165, 1.54) is 6.42 Å². The van der Waals surface area contributed by atoms with Crippen molar-refractivity contribution in [2.75, 3.05) is 52.4 Å². The molecule has 6 heteroatoms. The summed E-state index contributed by atoms with van der Waals surface area (Å²) >= 11 is 0. The fraction of sp³-hybridized carbons (Fsp3) is 0.733. The van der Waals surface area contributed by atoms with Crippen molar-refractivity contribution in [3.63, 3.8) is 0 Å². The zero-order valence-electron chi connectivity index (χ0n) is 12.6. The molecule has 0 radical (unpaired) electrons. The van der Waals surface area contributed by atoms with E-state index >= 15 is 0 Å². The number of amides is 1. The van der Waals surface area contributed by atoms with Crippen molar-refractivity contribution in [2.24, 2.45) is 0 Å². The zero-order chi connectivity index (χ0) is 14.9. The first-order chi connectivity index (χ1) is 10.3. The number of carbonyl (C=O) groups excluding carboxylic acids is 1. The molecule has 0 spiro atoms. The Kier molecular flexibility index (Phi) is 6.51. The van der Waals surface area contributed by atoms with Gasteiger partial charge in [-0.25, -0.2) is 0 Å². The van der Waals surface area contributed by atoms with Gasteiger partial charge in [-0.1, -0.05) is 0 Å². The lowest BCUT2D eigenvalue weighted by molar-refractivity contribution is -0.117. The summed E-state index contributed by atoms with van der Waals surface area (Å²) in [7, 11) is 0. The maximum atomic E-state index is 12.0. The number of nitriles is 1. The van der Waals surface area contributed by atoms with Gasteiger partial charge in [-0.05, 0) is 19.3 Å². The summed E-state index contributed by atoms with van der Waals surface area (Å²) in [5.41, 5.74) is 0.220. The van der Waals surface area contributed by atoms with Crippen LogP contribution in [-0.2, 0) is 4.79 Å². The second kappa shape index (κ2) is 8.65. The summed E-state index contributed by atoms with van der Waals surface area (Å²) in [6.45, 7) is 7.37. The number of carbonyl (C=O) groups is 1. The molecule has 2 heterocycles. The molecule has 2 rings (SSSR count). The third-order valence-electron chi connectivity index (χ3n) is 3.99. The Morgan fingerprint density at radius 1 is 1.19 bits per heavy atom. The highest BCUT2D eigenvalue weighted by atomic mass is 16.1. The number of nitrogens with one attached hydrogen (secondary N) is 2. The average molecular weight is 291 g/mol. The molecule has 0 atom stereocenters. The van der Waals surface area contributed by atoms with E-state index in [4.69, 9.17) is 5.26 Å². The molecule has 0 aromatic heterocycles. The average Bonchev–Trinajstić information content (AvgIpc) is 2.54. The Balaban J connectivity index is 1.74. The Hall–Kier alpha value is -1.58. The van der Waals surface area contributed by atoms with Crippen LogP contribution in [0, 0.1) is 11.3 Å². The smallest absolute Gasteiger partial charge is 0.263 e. The van der Waals surface area contributed by atoms with Gasteiger partial charge in [-0.3, -0.25) is 9.69 Å². The number of hydrogen-bond acceptors (Lipinski definition) is 5. The van der Waals surface area contributed by atoms with Crippen molar-refractivity contribution in [1.29, 1.82) is 5.26 Å². The molecule has 1 amide bonds. The maximum absolute atomic E-state index is 12.0. The third-order valence-corrected chi connectivity index (χ3v) is 3.99. The number of hydrogen-bond donors (Lipinski definition) is 2. The number of rotatable bonds is 5. The number of likely N-dealkylation sites (tertiary alicyclic amines) is 1. The monoisotopic (exact) mass is 291 g/mol. The van der Waals surface area contributed by atoms with Crippen molar-refractivity contribution < 1.29 is 4.79 Å². The molecule has 116 valence electrons. The van der Waals surface area contributed by atoms with E-state index in [0.717, 1.165) is 58.7 Å². The predicted molar refractivity (Wildman–Crippen MR) is 81.4 cm³/mol. The minimum atomic E-state index is -0.252. The molecule has 21 heavy (non-hydrogen) atoms. The van der Waals surface area contributed by atoms with Gasteiger partial charge in [0.05, 0.1) is 0 Å². The first-order valence-corrected chi connectivity index (χ1v) is 7.87. The third kappa shape index (κ3) is 5.37. The van der Waals surface area contributed by atoms with Gasteiger partial charge in [0.15, 0.2) is 0 Å². The minimum Gasteiger partial charge on any atom is -0.376 e. The molecular weight excluding hydrogens is 266 g/mol. The largest absolute Gasteiger partial charge is 0.376 e. The van der Waals surface area contributed by atoms with E-state index in [-0.39, 0.29) is 11.5 Å². The first kappa shape index (κ1) is 15.8. The molecule has 0 aliphatic carbocycles. The van der Waals surface area contributed by atoms with Crippen LogP contribution in [0.3, 0.4) is 0 Å². The highest BCUT2D eigenvalue weighted by Gasteiger charge is 2.14. The van der Waals surface area contributed by atoms with E-state index in [1.54, 1.807) is 6.20 Å².